The number of nitriles is 1. The number of para-hydroxylation sites is 1. The molecule has 1 aliphatic rings. The fraction of sp³-hybridized carbons (Fsp3) is 0.286. The topological polar surface area (TPSA) is 85.4 Å². The summed E-state index contributed by atoms with van der Waals surface area (Å²) in [5.74, 6) is 0.290. The van der Waals surface area contributed by atoms with Gasteiger partial charge in [-0.05, 0) is 18.2 Å². The van der Waals surface area contributed by atoms with Gasteiger partial charge in [0.25, 0.3) is 5.56 Å². The molecule has 3 heterocycles. The van der Waals surface area contributed by atoms with Crippen LogP contribution in [-0.2, 0) is 13.6 Å². The number of aryl methyl sites for hydroxylation is 1. The van der Waals surface area contributed by atoms with Gasteiger partial charge in [-0.1, -0.05) is 29.8 Å². The van der Waals surface area contributed by atoms with E-state index in [2.05, 4.69) is 16.0 Å². The predicted molar refractivity (Wildman–Crippen MR) is 112 cm³/mol. The molecule has 0 saturated carbocycles. The quantitative estimate of drug-likeness (QED) is 0.669. The van der Waals surface area contributed by atoms with Crippen LogP contribution in [0.25, 0.3) is 11.0 Å². The second kappa shape index (κ2) is 7.74. The van der Waals surface area contributed by atoms with E-state index >= 15 is 0 Å². The van der Waals surface area contributed by atoms with Gasteiger partial charge in [-0.25, -0.2) is 4.98 Å². The molecule has 1 saturated heterocycles. The van der Waals surface area contributed by atoms with Gasteiger partial charge in [0.05, 0.1) is 11.2 Å². The highest BCUT2D eigenvalue weighted by Gasteiger charge is 2.25. The number of pyridine rings is 2. The maximum atomic E-state index is 12.7. The van der Waals surface area contributed by atoms with Crippen molar-refractivity contribution < 1.29 is 5.11 Å². The standard InChI is InChI=1S/C21H20ClN5O2/c1-25-16-6-7-18(22)24-19(16)20(15(12-23)21(25)29)27-10-8-26(9-11-27)13-14-4-2-3-5-17(14)28/h2-7,28H,8-11,13H2,1H3. The maximum absolute atomic E-state index is 12.7. The van der Waals surface area contributed by atoms with Gasteiger partial charge in [-0.15, -0.1) is 0 Å². The minimum absolute atomic E-state index is 0.0870. The Kier molecular flexibility index (Phi) is 5.14. The predicted octanol–water partition coefficient (Wildman–Crippen LogP) is 2.49. The first-order chi connectivity index (χ1) is 14.0. The number of phenolic OH excluding ortho intramolecular Hbond substituents is 1. The van der Waals surface area contributed by atoms with Crippen molar-refractivity contribution in [2.75, 3.05) is 31.1 Å². The number of benzene rings is 1. The van der Waals surface area contributed by atoms with Crippen molar-refractivity contribution in [3.05, 3.63) is 63.0 Å². The van der Waals surface area contributed by atoms with Gasteiger partial charge >= 0.3 is 0 Å². The molecule has 0 aliphatic carbocycles. The Morgan fingerprint density at radius 1 is 1.17 bits per heavy atom. The highest BCUT2D eigenvalue weighted by atomic mass is 35.5. The first kappa shape index (κ1) is 19.2. The summed E-state index contributed by atoms with van der Waals surface area (Å²) in [6.45, 7) is 3.39. The van der Waals surface area contributed by atoms with Gasteiger partial charge in [0.15, 0.2) is 0 Å². The molecule has 1 aromatic carbocycles. The summed E-state index contributed by atoms with van der Waals surface area (Å²) in [4.78, 5) is 21.4. The Balaban J connectivity index is 1.66. The lowest BCUT2D eigenvalue weighted by atomic mass is 10.1. The Labute approximate surface area is 173 Å². The second-order valence-electron chi connectivity index (χ2n) is 7.09. The molecule has 0 radical (unpaired) electrons. The van der Waals surface area contributed by atoms with Crippen LogP contribution >= 0.6 is 11.6 Å². The van der Waals surface area contributed by atoms with E-state index < -0.39 is 0 Å². The van der Waals surface area contributed by atoms with E-state index in [1.165, 1.54) is 4.57 Å². The molecule has 0 amide bonds. The summed E-state index contributed by atoms with van der Waals surface area (Å²) in [6.07, 6.45) is 0. The summed E-state index contributed by atoms with van der Waals surface area (Å²) in [7, 11) is 1.63. The van der Waals surface area contributed by atoms with Crippen LogP contribution in [0.15, 0.2) is 41.2 Å². The van der Waals surface area contributed by atoms with Crippen molar-refractivity contribution in [3.8, 4) is 11.8 Å². The van der Waals surface area contributed by atoms with E-state index in [0.29, 0.717) is 41.5 Å². The summed E-state index contributed by atoms with van der Waals surface area (Å²) < 4.78 is 1.44. The van der Waals surface area contributed by atoms with E-state index in [1.54, 1.807) is 31.3 Å². The van der Waals surface area contributed by atoms with Crippen LogP contribution in [0.5, 0.6) is 5.75 Å². The number of anilines is 1. The number of piperazine rings is 1. The first-order valence-corrected chi connectivity index (χ1v) is 9.71. The van der Waals surface area contributed by atoms with Crippen molar-refractivity contribution in [1.29, 1.82) is 5.26 Å². The molecule has 0 atom stereocenters. The zero-order valence-electron chi connectivity index (χ0n) is 16.0. The average Bonchev–Trinajstić information content (AvgIpc) is 2.73. The molecule has 29 heavy (non-hydrogen) atoms. The number of halogens is 1. The first-order valence-electron chi connectivity index (χ1n) is 9.33. The molecule has 7 nitrogen and oxygen atoms in total. The molecule has 0 unspecified atom stereocenters. The summed E-state index contributed by atoms with van der Waals surface area (Å²) in [6, 6.07) is 12.8. The minimum atomic E-state index is -0.337. The normalized spacial score (nSPS) is 14.9. The average molecular weight is 410 g/mol. The zero-order chi connectivity index (χ0) is 20.5. The van der Waals surface area contributed by atoms with Crippen molar-refractivity contribution in [2.24, 2.45) is 7.05 Å². The van der Waals surface area contributed by atoms with Crippen molar-refractivity contribution in [1.82, 2.24) is 14.5 Å². The molecule has 1 N–H and O–H groups in total. The lowest BCUT2D eigenvalue weighted by Gasteiger charge is -2.36. The smallest absolute Gasteiger partial charge is 0.270 e. The Hall–Kier alpha value is -3.08. The number of hydrogen-bond donors (Lipinski definition) is 1. The number of rotatable bonds is 3. The van der Waals surface area contributed by atoms with E-state index in [4.69, 9.17) is 11.6 Å². The molecule has 1 aliphatic heterocycles. The number of aromatic nitrogens is 2. The minimum Gasteiger partial charge on any atom is -0.508 e. The molecular formula is C21H20ClN5O2. The molecule has 1 fully saturated rings. The van der Waals surface area contributed by atoms with E-state index in [1.807, 2.05) is 17.0 Å². The Morgan fingerprint density at radius 3 is 2.59 bits per heavy atom. The number of aromatic hydroxyl groups is 1. The van der Waals surface area contributed by atoms with E-state index in [9.17, 15) is 15.2 Å². The van der Waals surface area contributed by atoms with Crippen LogP contribution in [0, 0.1) is 11.3 Å². The second-order valence-corrected chi connectivity index (χ2v) is 7.48. The van der Waals surface area contributed by atoms with Crippen LogP contribution in [0.3, 0.4) is 0 Å². The summed E-state index contributed by atoms with van der Waals surface area (Å²) in [5, 5.41) is 20.0. The lowest BCUT2D eigenvalue weighted by molar-refractivity contribution is 0.247. The van der Waals surface area contributed by atoms with Crippen LogP contribution in [0.4, 0.5) is 5.69 Å². The highest BCUT2D eigenvalue weighted by molar-refractivity contribution is 6.29. The van der Waals surface area contributed by atoms with Crippen molar-refractivity contribution in [3.63, 3.8) is 0 Å². The molecule has 0 bridgehead atoms. The van der Waals surface area contributed by atoms with E-state index in [0.717, 1.165) is 18.7 Å². The number of phenols is 1. The van der Waals surface area contributed by atoms with Gasteiger partial charge in [0.2, 0.25) is 0 Å². The fourth-order valence-electron chi connectivity index (χ4n) is 3.79. The third-order valence-electron chi connectivity index (χ3n) is 5.37. The monoisotopic (exact) mass is 409 g/mol. The third-order valence-corrected chi connectivity index (χ3v) is 5.58. The van der Waals surface area contributed by atoms with Crippen LogP contribution in [0.2, 0.25) is 5.15 Å². The largest absolute Gasteiger partial charge is 0.508 e. The highest BCUT2D eigenvalue weighted by Crippen LogP contribution is 2.29. The Morgan fingerprint density at radius 2 is 1.90 bits per heavy atom. The number of hydrogen-bond acceptors (Lipinski definition) is 6. The van der Waals surface area contributed by atoms with Crippen LogP contribution in [-0.4, -0.2) is 45.7 Å². The Bertz CT molecular complexity index is 1180. The summed E-state index contributed by atoms with van der Waals surface area (Å²) in [5.41, 5.74) is 2.39. The van der Waals surface area contributed by atoms with Gasteiger partial charge in [0.1, 0.15) is 28.1 Å². The van der Waals surface area contributed by atoms with Gasteiger partial charge in [0, 0.05) is 45.3 Å². The maximum Gasteiger partial charge on any atom is 0.270 e. The van der Waals surface area contributed by atoms with Crippen LogP contribution in [0.1, 0.15) is 11.1 Å². The van der Waals surface area contributed by atoms with Crippen LogP contribution < -0.4 is 10.5 Å². The lowest BCUT2D eigenvalue weighted by Crippen LogP contribution is -2.47. The SMILES string of the molecule is Cn1c(=O)c(C#N)c(N2CCN(Cc3ccccc3O)CC2)c2nc(Cl)ccc21. The summed E-state index contributed by atoms with van der Waals surface area (Å²) >= 11 is 6.11. The van der Waals surface area contributed by atoms with Gasteiger partial charge in [-0.3, -0.25) is 9.69 Å². The van der Waals surface area contributed by atoms with Crippen molar-refractivity contribution >= 4 is 28.3 Å². The molecule has 148 valence electrons. The van der Waals surface area contributed by atoms with Crippen molar-refractivity contribution in [2.45, 2.75) is 6.54 Å². The van der Waals surface area contributed by atoms with Gasteiger partial charge in [-0.2, -0.15) is 5.26 Å². The number of nitrogens with zero attached hydrogens (tertiary/aromatic N) is 5. The molecular weight excluding hydrogens is 390 g/mol. The molecule has 0 spiro atoms. The molecule has 2 aromatic heterocycles. The van der Waals surface area contributed by atoms with E-state index in [-0.39, 0.29) is 16.9 Å². The zero-order valence-corrected chi connectivity index (χ0v) is 16.7. The fourth-order valence-corrected chi connectivity index (χ4v) is 3.94. The van der Waals surface area contributed by atoms with Gasteiger partial charge < -0.3 is 14.6 Å². The molecule has 3 aromatic rings. The number of fused-ring (bicyclic) bond motifs is 1. The molecule has 4 rings (SSSR count). The molecule has 8 heteroatoms. The third kappa shape index (κ3) is 3.53.